The van der Waals surface area contributed by atoms with Gasteiger partial charge in [0, 0.05) is 26.0 Å². The van der Waals surface area contributed by atoms with Gasteiger partial charge in [-0.2, -0.15) is 10.1 Å². The van der Waals surface area contributed by atoms with E-state index in [1.54, 1.807) is 12.4 Å². The highest BCUT2D eigenvalue weighted by Gasteiger charge is 2.10. The van der Waals surface area contributed by atoms with Crippen LogP contribution in [0.5, 0.6) is 11.6 Å². The molecule has 3 aromatic heterocycles. The van der Waals surface area contributed by atoms with E-state index in [1.165, 1.54) is 0 Å². The Morgan fingerprint density at radius 1 is 1.35 bits per heavy atom. The summed E-state index contributed by atoms with van der Waals surface area (Å²) in [5, 5.41) is 7.23. The highest BCUT2D eigenvalue weighted by atomic mass is 16.5. The Balaban J connectivity index is 1.94. The van der Waals surface area contributed by atoms with Gasteiger partial charge in [-0.15, -0.1) is 0 Å². The molecule has 0 spiro atoms. The smallest absolute Gasteiger partial charge is 0.265 e. The highest BCUT2D eigenvalue weighted by molar-refractivity contribution is 5.54. The summed E-state index contributed by atoms with van der Waals surface area (Å²) in [6.45, 7) is 2.97. The molecule has 0 saturated heterocycles. The van der Waals surface area contributed by atoms with Gasteiger partial charge in [-0.1, -0.05) is 6.92 Å². The molecule has 3 aromatic rings. The molecule has 3 heterocycles. The first-order valence-electron chi connectivity index (χ1n) is 6.52. The highest BCUT2D eigenvalue weighted by Crippen LogP contribution is 2.24. The summed E-state index contributed by atoms with van der Waals surface area (Å²) in [6, 6.07) is 0. The summed E-state index contributed by atoms with van der Waals surface area (Å²) >= 11 is 0. The summed E-state index contributed by atoms with van der Waals surface area (Å²) in [5.41, 5.74) is 0.673. The van der Waals surface area contributed by atoms with Gasteiger partial charge in [0.1, 0.15) is 5.82 Å². The predicted molar refractivity (Wildman–Crippen MR) is 75.1 cm³/mol. The summed E-state index contributed by atoms with van der Waals surface area (Å²) < 4.78 is 9.51. The van der Waals surface area contributed by atoms with Gasteiger partial charge in [-0.25, -0.2) is 4.98 Å². The van der Waals surface area contributed by atoms with Crippen molar-refractivity contribution < 1.29 is 4.74 Å². The van der Waals surface area contributed by atoms with Crippen molar-refractivity contribution in [1.29, 1.82) is 0 Å². The Morgan fingerprint density at radius 2 is 2.25 bits per heavy atom. The zero-order valence-corrected chi connectivity index (χ0v) is 11.4. The third-order valence-corrected chi connectivity index (χ3v) is 2.88. The van der Waals surface area contributed by atoms with Crippen LogP contribution in [0.15, 0.2) is 31.0 Å². The van der Waals surface area contributed by atoms with Crippen molar-refractivity contribution in [3.05, 3.63) is 31.0 Å². The zero-order valence-electron chi connectivity index (χ0n) is 11.4. The van der Waals surface area contributed by atoms with Gasteiger partial charge in [0.2, 0.25) is 5.65 Å². The summed E-state index contributed by atoms with van der Waals surface area (Å²) in [5.74, 6) is 1.83. The molecule has 7 nitrogen and oxygen atoms in total. The molecule has 104 valence electrons. The normalized spacial score (nSPS) is 10.9. The van der Waals surface area contributed by atoms with Crippen LogP contribution in [0, 0.1) is 0 Å². The molecule has 0 radical (unpaired) electrons. The van der Waals surface area contributed by atoms with Crippen LogP contribution in [0.1, 0.15) is 13.3 Å². The Hall–Kier alpha value is -2.57. The van der Waals surface area contributed by atoms with Crippen LogP contribution in [0.4, 0.5) is 5.82 Å². The minimum Gasteiger partial charge on any atom is -0.432 e. The second-order valence-electron chi connectivity index (χ2n) is 4.38. The monoisotopic (exact) mass is 272 g/mol. The van der Waals surface area contributed by atoms with Crippen LogP contribution in [-0.4, -0.2) is 31.2 Å². The summed E-state index contributed by atoms with van der Waals surface area (Å²) in [7, 11) is 1.81. The van der Waals surface area contributed by atoms with E-state index in [1.807, 2.05) is 34.7 Å². The van der Waals surface area contributed by atoms with Crippen molar-refractivity contribution >= 4 is 11.5 Å². The minimum absolute atomic E-state index is 0.456. The molecule has 0 aromatic carbocycles. The van der Waals surface area contributed by atoms with E-state index in [9.17, 15) is 0 Å². The second-order valence-corrected chi connectivity index (χ2v) is 4.38. The molecule has 0 aliphatic carbocycles. The Bertz CT molecular complexity index is 717. The second kappa shape index (κ2) is 5.20. The SMILES string of the molecule is CCCn1cc(Oc2nc(NC)cn3ccnc23)cn1. The number of fused-ring (bicyclic) bond motifs is 1. The van der Waals surface area contributed by atoms with Crippen LogP contribution in [0.3, 0.4) is 0 Å². The van der Waals surface area contributed by atoms with Gasteiger partial charge in [0.15, 0.2) is 5.75 Å². The van der Waals surface area contributed by atoms with Gasteiger partial charge >= 0.3 is 0 Å². The third-order valence-electron chi connectivity index (χ3n) is 2.88. The lowest BCUT2D eigenvalue weighted by molar-refractivity contribution is 0.464. The van der Waals surface area contributed by atoms with Crippen molar-refractivity contribution in [1.82, 2.24) is 24.1 Å². The largest absolute Gasteiger partial charge is 0.432 e. The first kappa shape index (κ1) is 12.5. The first-order valence-corrected chi connectivity index (χ1v) is 6.52. The average Bonchev–Trinajstić information content (AvgIpc) is 3.08. The molecule has 3 rings (SSSR count). The number of ether oxygens (including phenoxy) is 1. The van der Waals surface area contributed by atoms with Crippen LogP contribution in [0.2, 0.25) is 0 Å². The maximum Gasteiger partial charge on any atom is 0.265 e. The fourth-order valence-electron chi connectivity index (χ4n) is 1.95. The van der Waals surface area contributed by atoms with Crippen LogP contribution < -0.4 is 10.1 Å². The van der Waals surface area contributed by atoms with Crippen molar-refractivity contribution in [2.45, 2.75) is 19.9 Å². The van der Waals surface area contributed by atoms with E-state index in [4.69, 9.17) is 4.74 Å². The molecule has 0 aliphatic rings. The molecule has 7 heteroatoms. The van der Waals surface area contributed by atoms with E-state index >= 15 is 0 Å². The zero-order chi connectivity index (χ0) is 13.9. The molecule has 0 saturated carbocycles. The topological polar surface area (TPSA) is 69.3 Å². The molecule has 0 bridgehead atoms. The number of aromatic nitrogens is 5. The summed E-state index contributed by atoms with van der Waals surface area (Å²) in [4.78, 5) is 8.64. The standard InChI is InChI=1S/C13H16N6O/c1-3-5-19-8-10(7-16-19)20-13-12-15-4-6-18(12)9-11(14-2)17-13/h4,6-9,14H,3,5H2,1-2H3. The lowest BCUT2D eigenvalue weighted by Gasteiger charge is -2.06. The van der Waals surface area contributed by atoms with E-state index in [2.05, 4.69) is 27.3 Å². The summed E-state index contributed by atoms with van der Waals surface area (Å²) in [6.07, 6.45) is 9.99. The fraction of sp³-hybridized carbons (Fsp3) is 0.308. The number of aryl methyl sites for hydroxylation is 1. The number of rotatable bonds is 5. The number of nitrogens with zero attached hydrogens (tertiary/aromatic N) is 5. The van der Waals surface area contributed by atoms with E-state index in [0.29, 0.717) is 23.1 Å². The molecule has 1 N–H and O–H groups in total. The van der Waals surface area contributed by atoms with E-state index in [0.717, 1.165) is 13.0 Å². The Kier molecular flexibility index (Phi) is 3.24. The Labute approximate surface area is 116 Å². The van der Waals surface area contributed by atoms with Gasteiger partial charge in [0.05, 0.1) is 18.6 Å². The molecular formula is C13H16N6O. The average molecular weight is 272 g/mol. The molecule has 0 unspecified atom stereocenters. The van der Waals surface area contributed by atoms with Crippen molar-refractivity contribution in [3.63, 3.8) is 0 Å². The molecule has 0 aliphatic heterocycles. The van der Waals surface area contributed by atoms with Crippen molar-refractivity contribution in [2.24, 2.45) is 0 Å². The van der Waals surface area contributed by atoms with Crippen LogP contribution >= 0.6 is 0 Å². The maximum absolute atomic E-state index is 5.80. The minimum atomic E-state index is 0.456. The fourth-order valence-corrected chi connectivity index (χ4v) is 1.95. The van der Waals surface area contributed by atoms with Gasteiger partial charge in [-0.3, -0.25) is 9.08 Å². The molecular weight excluding hydrogens is 256 g/mol. The van der Waals surface area contributed by atoms with Gasteiger partial charge < -0.3 is 10.1 Å². The van der Waals surface area contributed by atoms with Crippen LogP contribution in [0.25, 0.3) is 5.65 Å². The number of nitrogens with one attached hydrogen (secondary N) is 1. The molecule has 0 amide bonds. The van der Waals surface area contributed by atoms with Gasteiger partial charge in [-0.05, 0) is 6.42 Å². The number of anilines is 1. The third kappa shape index (κ3) is 2.29. The predicted octanol–water partition coefficient (Wildman–Crippen LogP) is 2.17. The van der Waals surface area contributed by atoms with E-state index in [-0.39, 0.29) is 0 Å². The molecule has 20 heavy (non-hydrogen) atoms. The lowest BCUT2D eigenvalue weighted by atomic mass is 10.5. The van der Waals surface area contributed by atoms with Crippen molar-refractivity contribution in [3.8, 4) is 11.6 Å². The maximum atomic E-state index is 5.80. The van der Waals surface area contributed by atoms with Crippen molar-refractivity contribution in [2.75, 3.05) is 12.4 Å². The van der Waals surface area contributed by atoms with Crippen LogP contribution in [-0.2, 0) is 6.54 Å². The quantitative estimate of drug-likeness (QED) is 0.771. The van der Waals surface area contributed by atoms with E-state index < -0.39 is 0 Å². The Morgan fingerprint density at radius 3 is 3.05 bits per heavy atom. The lowest BCUT2D eigenvalue weighted by Crippen LogP contribution is -1.99. The molecule has 0 atom stereocenters. The number of hydrogen-bond donors (Lipinski definition) is 1. The van der Waals surface area contributed by atoms with Gasteiger partial charge in [0.25, 0.3) is 5.88 Å². The molecule has 0 fully saturated rings. The number of hydrogen-bond acceptors (Lipinski definition) is 5. The first-order chi connectivity index (χ1) is 9.80. The number of imidazole rings is 1.